The standard InChI is InChI=1S/C18H23N7O3S2/c1-25-5-4-11-13(7-25)30-18(23-11)16(28)22-12-6-9(17-24-20-8-29-17)2-3-10(12)21-15(27)14(19)26/h8-10,12H,2-7H2,1H3,(H2,19,26)(H,21,27)(H,22,28)/t9-,10-,12+/m0/s1. The zero-order valence-corrected chi connectivity index (χ0v) is 18.1. The van der Waals surface area contributed by atoms with Gasteiger partial charge >= 0.3 is 11.8 Å². The Balaban J connectivity index is 1.50. The number of rotatable bonds is 4. The minimum absolute atomic E-state index is 0.127. The van der Waals surface area contributed by atoms with Crippen molar-refractivity contribution in [1.82, 2.24) is 30.7 Å². The Bertz CT molecular complexity index is 946. The second-order valence-electron chi connectivity index (χ2n) is 7.69. The molecule has 3 atom stereocenters. The Labute approximate surface area is 181 Å². The van der Waals surface area contributed by atoms with Gasteiger partial charge in [0.05, 0.1) is 11.7 Å². The van der Waals surface area contributed by atoms with Gasteiger partial charge in [-0.1, -0.05) is 0 Å². The second kappa shape index (κ2) is 8.74. The summed E-state index contributed by atoms with van der Waals surface area (Å²) in [5.41, 5.74) is 7.76. The van der Waals surface area contributed by atoms with E-state index in [1.165, 1.54) is 22.7 Å². The van der Waals surface area contributed by atoms with E-state index in [2.05, 4.69) is 30.7 Å². The number of likely N-dealkylation sites (N-methyl/N-ethyl adjacent to an activating group) is 1. The van der Waals surface area contributed by atoms with Gasteiger partial charge in [-0.2, -0.15) is 0 Å². The third-order valence-corrected chi connectivity index (χ3v) is 7.49. The largest absolute Gasteiger partial charge is 0.361 e. The summed E-state index contributed by atoms with van der Waals surface area (Å²) in [6.45, 7) is 1.71. The third kappa shape index (κ3) is 4.50. The summed E-state index contributed by atoms with van der Waals surface area (Å²) in [7, 11) is 2.05. The Hall–Kier alpha value is -2.44. The van der Waals surface area contributed by atoms with E-state index in [0.29, 0.717) is 17.8 Å². The molecule has 2 aliphatic rings. The number of fused-ring (bicyclic) bond motifs is 1. The van der Waals surface area contributed by atoms with Crippen LogP contribution in [0.2, 0.25) is 0 Å². The molecule has 3 heterocycles. The molecule has 1 aliphatic heterocycles. The van der Waals surface area contributed by atoms with Crippen LogP contribution < -0.4 is 16.4 Å². The van der Waals surface area contributed by atoms with E-state index in [4.69, 9.17) is 5.73 Å². The predicted octanol–water partition coefficient (Wildman–Crippen LogP) is 0.0187. The van der Waals surface area contributed by atoms with Crippen molar-refractivity contribution in [2.45, 2.75) is 50.2 Å². The maximum Gasteiger partial charge on any atom is 0.309 e. The average molecular weight is 450 g/mol. The second-order valence-corrected chi connectivity index (χ2v) is 9.64. The Morgan fingerprint density at radius 3 is 2.80 bits per heavy atom. The first-order chi connectivity index (χ1) is 14.4. The molecule has 0 radical (unpaired) electrons. The van der Waals surface area contributed by atoms with E-state index in [1.54, 1.807) is 5.51 Å². The molecule has 0 spiro atoms. The molecule has 1 aliphatic carbocycles. The summed E-state index contributed by atoms with van der Waals surface area (Å²) in [5.74, 6) is -2.02. The molecule has 10 nitrogen and oxygen atoms in total. The summed E-state index contributed by atoms with van der Waals surface area (Å²) in [6, 6.07) is -0.758. The van der Waals surface area contributed by atoms with Gasteiger partial charge in [0.1, 0.15) is 10.5 Å². The maximum atomic E-state index is 13.0. The van der Waals surface area contributed by atoms with Crippen LogP contribution in [0, 0.1) is 0 Å². The molecular weight excluding hydrogens is 426 g/mol. The zero-order chi connectivity index (χ0) is 21.3. The predicted molar refractivity (Wildman–Crippen MR) is 111 cm³/mol. The molecule has 30 heavy (non-hydrogen) atoms. The van der Waals surface area contributed by atoms with Crippen molar-refractivity contribution < 1.29 is 14.4 Å². The molecule has 2 aromatic rings. The normalized spacial score (nSPS) is 24.1. The van der Waals surface area contributed by atoms with Crippen molar-refractivity contribution in [2.24, 2.45) is 5.73 Å². The summed E-state index contributed by atoms with van der Waals surface area (Å²) in [5, 5.41) is 15.1. The lowest BCUT2D eigenvalue weighted by Crippen LogP contribution is -2.56. The van der Waals surface area contributed by atoms with E-state index < -0.39 is 11.8 Å². The Morgan fingerprint density at radius 2 is 2.07 bits per heavy atom. The quantitative estimate of drug-likeness (QED) is 0.558. The van der Waals surface area contributed by atoms with Crippen LogP contribution in [-0.2, 0) is 22.6 Å². The fourth-order valence-corrected chi connectivity index (χ4v) is 5.77. The first-order valence-electron chi connectivity index (χ1n) is 9.75. The van der Waals surface area contributed by atoms with Crippen molar-refractivity contribution in [3.63, 3.8) is 0 Å². The minimum atomic E-state index is -1.04. The van der Waals surface area contributed by atoms with Gasteiger partial charge in [0.25, 0.3) is 5.91 Å². The molecule has 3 amide bonds. The number of carbonyl (C=O) groups excluding carboxylic acids is 3. The monoisotopic (exact) mass is 449 g/mol. The molecule has 0 aromatic carbocycles. The number of hydrogen-bond acceptors (Lipinski definition) is 9. The number of thiazole rings is 1. The zero-order valence-electron chi connectivity index (χ0n) is 16.5. The third-order valence-electron chi connectivity index (χ3n) is 5.55. The first kappa shape index (κ1) is 20.8. The van der Waals surface area contributed by atoms with Crippen molar-refractivity contribution in [3.8, 4) is 0 Å². The molecule has 2 aromatic heterocycles. The topological polar surface area (TPSA) is 143 Å². The molecule has 4 rings (SSSR count). The molecule has 12 heteroatoms. The lowest BCUT2D eigenvalue weighted by Gasteiger charge is -2.35. The van der Waals surface area contributed by atoms with Crippen LogP contribution in [0.5, 0.6) is 0 Å². The molecule has 0 saturated heterocycles. The molecule has 160 valence electrons. The van der Waals surface area contributed by atoms with Crippen LogP contribution in [0.1, 0.15) is 50.6 Å². The lowest BCUT2D eigenvalue weighted by molar-refractivity contribution is -0.138. The van der Waals surface area contributed by atoms with Crippen molar-refractivity contribution in [2.75, 3.05) is 13.6 Å². The molecule has 1 fully saturated rings. The van der Waals surface area contributed by atoms with E-state index in [1.807, 2.05) is 7.05 Å². The number of primary amides is 1. The van der Waals surface area contributed by atoms with Crippen LogP contribution in [0.3, 0.4) is 0 Å². The fraction of sp³-hybridized carbons (Fsp3) is 0.556. The van der Waals surface area contributed by atoms with Gasteiger partial charge in [-0.15, -0.1) is 32.9 Å². The number of nitrogens with zero attached hydrogens (tertiary/aromatic N) is 4. The Kier molecular flexibility index (Phi) is 6.06. The lowest BCUT2D eigenvalue weighted by atomic mass is 9.82. The summed E-state index contributed by atoms with van der Waals surface area (Å²) in [6.07, 6.45) is 2.77. The summed E-state index contributed by atoms with van der Waals surface area (Å²) >= 11 is 2.88. The van der Waals surface area contributed by atoms with Crippen LogP contribution in [-0.4, -0.2) is 63.5 Å². The molecule has 1 saturated carbocycles. The SMILES string of the molecule is CN1CCc2nc(C(=O)N[C@@H]3C[C@@H](c4nncs4)CC[C@@H]3NC(=O)C(N)=O)sc2C1. The molecule has 0 unspecified atom stereocenters. The van der Waals surface area contributed by atoms with Gasteiger partial charge in [0.2, 0.25) is 0 Å². The van der Waals surface area contributed by atoms with E-state index in [9.17, 15) is 14.4 Å². The number of nitrogens with two attached hydrogens (primary N) is 1. The number of nitrogens with one attached hydrogen (secondary N) is 2. The highest BCUT2D eigenvalue weighted by atomic mass is 32.1. The van der Waals surface area contributed by atoms with Crippen molar-refractivity contribution in [3.05, 3.63) is 26.1 Å². The first-order valence-corrected chi connectivity index (χ1v) is 11.4. The maximum absolute atomic E-state index is 13.0. The molecular formula is C18H23N7O3S2. The number of carbonyl (C=O) groups is 3. The van der Waals surface area contributed by atoms with E-state index >= 15 is 0 Å². The summed E-state index contributed by atoms with van der Waals surface area (Å²) in [4.78, 5) is 43.9. The van der Waals surface area contributed by atoms with E-state index in [-0.39, 0.29) is 23.9 Å². The smallest absolute Gasteiger partial charge is 0.309 e. The average Bonchev–Trinajstić information content (AvgIpc) is 3.38. The number of amides is 3. The van der Waals surface area contributed by atoms with Gasteiger partial charge in [-0.25, -0.2) is 4.98 Å². The summed E-state index contributed by atoms with van der Waals surface area (Å²) < 4.78 is 0. The van der Waals surface area contributed by atoms with Crippen LogP contribution >= 0.6 is 22.7 Å². The number of aromatic nitrogens is 3. The fourth-order valence-electron chi connectivity index (χ4n) is 3.98. The highest BCUT2D eigenvalue weighted by Crippen LogP contribution is 2.34. The highest BCUT2D eigenvalue weighted by Gasteiger charge is 2.36. The van der Waals surface area contributed by atoms with Gasteiger partial charge in [-0.3, -0.25) is 14.4 Å². The van der Waals surface area contributed by atoms with Gasteiger partial charge in [-0.05, 0) is 26.3 Å². The van der Waals surface area contributed by atoms with Gasteiger partial charge in [0, 0.05) is 36.3 Å². The molecule has 4 N–H and O–H groups in total. The van der Waals surface area contributed by atoms with E-state index in [0.717, 1.165) is 41.5 Å². The highest BCUT2D eigenvalue weighted by molar-refractivity contribution is 7.13. The van der Waals surface area contributed by atoms with Crippen LogP contribution in [0.15, 0.2) is 5.51 Å². The van der Waals surface area contributed by atoms with Gasteiger partial charge < -0.3 is 21.3 Å². The minimum Gasteiger partial charge on any atom is -0.361 e. The number of hydrogen-bond donors (Lipinski definition) is 3. The van der Waals surface area contributed by atoms with Gasteiger partial charge in [0.15, 0.2) is 5.01 Å². The van der Waals surface area contributed by atoms with Crippen molar-refractivity contribution >= 4 is 40.4 Å². The molecule has 0 bridgehead atoms. The Morgan fingerprint density at radius 1 is 1.23 bits per heavy atom. The van der Waals surface area contributed by atoms with Crippen LogP contribution in [0.4, 0.5) is 0 Å². The van der Waals surface area contributed by atoms with Crippen molar-refractivity contribution in [1.29, 1.82) is 0 Å². The van der Waals surface area contributed by atoms with Crippen LogP contribution in [0.25, 0.3) is 0 Å².